The van der Waals surface area contributed by atoms with E-state index in [1.807, 2.05) is 12.1 Å². The number of benzene rings is 1. The van der Waals surface area contributed by atoms with Gasteiger partial charge < -0.3 is 10.1 Å². The maximum atomic E-state index is 5.91. The zero-order chi connectivity index (χ0) is 14.2. The summed E-state index contributed by atoms with van der Waals surface area (Å²) in [7, 11) is 1.75. The van der Waals surface area contributed by atoms with Crippen molar-refractivity contribution in [3.05, 3.63) is 34.9 Å². The monoisotopic (exact) mass is 296 g/mol. The highest BCUT2D eigenvalue weighted by Gasteiger charge is 2.18. The Bertz CT molecular complexity index is 375. The van der Waals surface area contributed by atoms with Crippen LogP contribution in [-0.2, 0) is 11.3 Å². The molecule has 112 valence electrons. The maximum absolute atomic E-state index is 5.91. The molecule has 0 spiro atoms. The van der Waals surface area contributed by atoms with Gasteiger partial charge in [-0.2, -0.15) is 0 Å². The van der Waals surface area contributed by atoms with E-state index in [9.17, 15) is 0 Å². The molecule has 4 heteroatoms. The molecule has 0 unspecified atom stereocenters. The minimum Gasteiger partial charge on any atom is -0.383 e. The minimum absolute atomic E-state index is 0.801. The molecule has 1 aromatic rings. The highest BCUT2D eigenvalue weighted by atomic mass is 35.5. The van der Waals surface area contributed by atoms with Gasteiger partial charge in [0.1, 0.15) is 0 Å². The summed E-state index contributed by atoms with van der Waals surface area (Å²) in [6.07, 6.45) is 2.57. The summed E-state index contributed by atoms with van der Waals surface area (Å²) in [6, 6.07) is 8.20. The molecule has 0 bridgehead atoms. The van der Waals surface area contributed by atoms with Gasteiger partial charge in [-0.1, -0.05) is 23.7 Å². The zero-order valence-electron chi connectivity index (χ0n) is 12.3. The van der Waals surface area contributed by atoms with Gasteiger partial charge in [0, 0.05) is 25.2 Å². The molecule has 1 aliphatic rings. The fourth-order valence-corrected chi connectivity index (χ4v) is 2.80. The van der Waals surface area contributed by atoms with Crippen LogP contribution in [0.1, 0.15) is 18.4 Å². The third-order valence-corrected chi connectivity index (χ3v) is 4.19. The van der Waals surface area contributed by atoms with Crippen molar-refractivity contribution in [2.75, 3.05) is 39.9 Å². The lowest BCUT2D eigenvalue weighted by Crippen LogP contribution is -2.37. The summed E-state index contributed by atoms with van der Waals surface area (Å²) >= 11 is 5.91. The second kappa shape index (κ2) is 8.63. The van der Waals surface area contributed by atoms with Crippen LogP contribution >= 0.6 is 11.6 Å². The Hall–Kier alpha value is -0.610. The molecule has 1 aliphatic heterocycles. The molecule has 0 aromatic heterocycles. The van der Waals surface area contributed by atoms with Crippen molar-refractivity contribution in [3.63, 3.8) is 0 Å². The van der Waals surface area contributed by atoms with Crippen LogP contribution in [0.25, 0.3) is 0 Å². The topological polar surface area (TPSA) is 24.5 Å². The first kappa shape index (κ1) is 15.8. The average Bonchev–Trinajstić information content (AvgIpc) is 2.48. The van der Waals surface area contributed by atoms with E-state index >= 15 is 0 Å². The normalized spacial score (nSPS) is 17.5. The fraction of sp³-hybridized carbons (Fsp3) is 0.625. The number of hydrogen-bond donors (Lipinski definition) is 1. The third kappa shape index (κ3) is 5.41. The van der Waals surface area contributed by atoms with Crippen LogP contribution in [0.5, 0.6) is 0 Å². The highest BCUT2D eigenvalue weighted by molar-refractivity contribution is 6.30. The summed E-state index contributed by atoms with van der Waals surface area (Å²) in [5.41, 5.74) is 1.35. The standard InChI is InChI=1S/C16H25ClN2O/c1-20-11-8-18-12-14-6-9-19(10-7-14)13-15-2-4-16(17)5-3-15/h2-5,14,18H,6-13H2,1H3. The molecule has 0 aliphatic carbocycles. The van der Waals surface area contributed by atoms with Crippen molar-refractivity contribution >= 4 is 11.6 Å². The number of nitrogens with zero attached hydrogens (tertiary/aromatic N) is 1. The first-order chi connectivity index (χ1) is 9.78. The number of halogens is 1. The summed E-state index contributed by atoms with van der Waals surface area (Å²) in [6.45, 7) is 6.31. The molecule has 2 rings (SSSR count). The van der Waals surface area contributed by atoms with E-state index in [2.05, 4.69) is 22.3 Å². The number of nitrogens with one attached hydrogen (secondary N) is 1. The molecule has 1 fully saturated rings. The quantitative estimate of drug-likeness (QED) is 0.783. The molecule has 1 saturated heterocycles. The SMILES string of the molecule is COCCNCC1CCN(Cc2ccc(Cl)cc2)CC1. The van der Waals surface area contributed by atoms with Gasteiger partial charge in [0.15, 0.2) is 0 Å². The van der Waals surface area contributed by atoms with Crippen molar-refractivity contribution in [1.29, 1.82) is 0 Å². The maximum Gasteiger partial charge on any atom is 0.0587 e. The van der Waals surface area contributed by atoms with Gasteiger partial charge in [0.05, 0.1) is 6.61 Å². The molecule has 1 aromatic carbocycles. The Balaban J connectivity index is 1.65. The number of ether oxygens (including phenoxy) is 1. The van der Waals surface area contributed by atoms with Gasteiger partial charge in [-0.25, -0.2) is 0 Å². The molecule has 3 nitrogen and oxygen atoms in total. The number of rotatable bonds is 7. The lowest BCUT2D eigenvalue weighted by atomic mass is 9.96. The minimum atomic E-state index is 0.801. The van der Waals surface area contributed by atoms with Crippen molar-refractivity contribution in [1.82, 2.24) is 10.2 Å². The molecule has 0 saturated carbocycles. The van der Waals surface area contributed by atoms with Gasteiger partial charge in [-0.15, -0.1) is 0 Å². The second-order valence-corrected chi connectivity index (χ2v) is 5.98. The number of piperidine rings is 1. The number of hydrogen-bond acceptors (Lipinski definition) is 3. The molecule has 1 heterocycles. The molecular formula is C16H25ClN2O. The van der Waals surface area contributed by atoms with Crippen molar-refractivity contribution in [2.24, 2.45) is 5.92 Å². The first-order valence-corrected chi connectivity index (χ1v) is 7.82. The molecule has 0 radical (unpaired) electrons. The Morgan fingerprint density at radius 2 is 1.95 bits per heavy atom. The van der Waals surface area contributed by atoms with E-state index < -0.39 is 0 Å². The summed E-state index contributed by atoms with van der Waals surface area (Å²) in [5.74, 6) is 0.813. The van der Waals surface area contributed by atoms with Gasteiger partial charge in [0.2, 0.25) is 0 Å². The van der Waals surface area contributed by atoms with Gasteiger partial charge >= 0.3 is 0 Å². The fourth-order valence-electron chi connectivity index (χ4n) is 2.68. The largest absolute Gasteiger partial charge is 0.383 e. The van der Waals surface area contributed by atoms with E-state index in [4.69, 9.17) is 16.3 Å². The molecular weight excluding hydrogens is 272 g/mol. The Morgan fingerprint density at radius 3 is 2.60 bits per heavy atom. The average molecular weight is 297 g/mol. The van der Waals surface area contributed by atoms with Crippen molar-refractivity contribution in [2.45, 2.75) is 19.4 Å². The van der Waals surface area contributed by atoms with Crippen molar-refractivity contribution < 1.29 is 4.74 Å². The van der Waals surface area contributed by atoms with E-state index in [1.165, 1.54) is 31.5 Å². The Labute approximate surface area is 127 Å². The molecule has 0 atom stereocenters. The highest BCUT2D eigenvalue weighted by Crippen LogP contribution is 2.19. The van der Waals surface area contributed by atoms with Crippen LogP contribution in [0.3, 0.4) is 0 Å². The first-order valence-electron chi connectivity index (χ1n) is 7.44. The number of methoxy groups -OCH3 is 1. The van der Waals surface area contributed by atoms with E-state index in [-0.39, 0.29) is 0 Å². The summed E-state index contributed by atoms with van der Waals surface area (Å²) in [4.78, 5) is 2.54. The van der Waals surface area contributed by atoms with Gasteiger partial charge in [0.25, 0.3) is 0 Å². The van der Waals surface area contributed by atoms with E-state index in [1.54, 1.807) is 7.11 Å². The van der Waals surface area contributed by atoms with Gasteiger partial charge in [-0.3, -0.25) is 4.90 Å². The number of likely N-dealkylation sites (tertiary alicyclic amines) is 1. The third-order valence-electron chi connectivity index (χ3n) is 3.94. The smallest absolute Gasteiger partial charge is 0.0587 e. The lowest BCUT2D eigenvalue weighted by molar-refractivity contribution is 0.168. The molecule has 20 heavy (non-hydrogen) atoms. The molecule has 0 amide bonds. The van der Waals surface area contributed by atoms with Crippen LogP contribution in [0, 0.1) is 5.92 Å². The molecule has 1 N–H and O–H groups in total. The van der Waals surface area contributed by atoms with E-state index in [0.29, 0.717) is 0 Å². The lowest BCUT2D eigenvalue weighted by Gasteiger charge is -2.32. The summed E-state index contributed by atoms with van der Waals surface area (Å²) in [5, 5.41) is 4.28. The van der Waals surface area contributed by atoms with Crippen LogP contribution in [0.15, 0.2) is 24.3 Å². The van der Waals surface area contributed by atoms with E-state index in [0.717, 1.165) is 37.2 Å². The Kier molecular flexibility index (Phi) is 6.80. The Morgan fingerprint density at radius 1 is 1.25 bits per heavy atom. The predicted molar refractivity (Wildman–Crippen MR) is 84.2 cm³/mol. The van der Waals surface area contributed by atoms with Crippen molar-refractivity contribution in [3.8, 4) is 0 Å². The zero-order valence-corrected chi connectivity index (χ0v) is 13.0. The van der Waals surface area contributed by atoms with Crippen LogP contribution in [-0.4, -0.2) is 44.8 Å². The van der Waals surface area contributed by atoms with Crippen LogP contribution < -0.4 is 5.32 Å². The van der Waals surface area contributed by atoms with Crippen LogP contribution in [0.2, 0.25) is 5.02 Å². The predicted octanol–water partition coefficient (Wildman–Crippen LogP) is 2.79. The van der Waals surface area contributed by atoms with Crippen LogP contribution in [0.4, 0.5) is 0 Å². The second-order valence-electron chi connectivity index (χ2n) is 5.54. The van der Waals surface area contributed by atoms with Gasteiger partial charge in [-0.05, 0) is 56.1 Å². The summed E-state index contributed by atoms with van der Waals surface area (Å²) < 4.78 is 5.04.